The highest BCUT2D eigenvalue weighted by molar-refractivity contribution is 7.88. The zero-order valence-corrected chi connectivity index (χ0v) is 27.4. The molecule has 4 N–H and O–H groups in total. The van der Waals surface area contributed by atoms with Crippen LogP contribution < -0.4 is 5.32 Å². The van der Waals surface area contributed by atoms with E-state index in [9.17, 15) is 18.6 Å². The quantitative estimate of drug-likeness (QED) is 0.178. The van der Waals surface area contributed by atoms with Crippen molar-refractivity contribution in [3.05, 3.63) is 48.2 Å². The summed E-state index contributed by atoms with van der Waals surface area (Å²) in [4.78, 5) is 17.0. The zero-order valence-electron chi connectivity index (χ0n) is 25.8. The summed E-state index contributed by atoms with van der Waals surface area (Å²) in [5.74, 6) is 1.25. The number of aromatic amines is 1. The van der Waals surface area contributed by atoms with Crippen LogP contribution in [0.2, 0.25) is 0 Å². The summed E-state index contributed by atoms with van der Waals surface area (Å²) in [5, 5.41) is 26.4. The van der Waals surface area contributed by atoms with Gasteiger partial charge in [-0.2, -0.15) is 0 Å². The number of hydrogen-bond acceptors (Lipinski definition) is 8. The van der Waals surface area contributed by atoms with E-state index in [2.05, 4.69) is 53.2 Å². The number of anilines is 1. The van der Waals surface area contributed by atoms with Gasteiger partial charge in [0, 0.05) is 37.7 Å². The second-order valence-electron chi connectivity index (χ2n) is 13.4. The lowest BCUT2D eigenvalue weighted by Gasteiger charge is -2.25. The van der Waals surface area contributed by atoms with Crippen LogP contribution >= 0.6 is 12.4 Å². The van der Waals surface area contributed by atoms with Crippen molar-refractivity contribution in [3.8, 4) is 0 Å². The van der Waals surface area contributed by atoms with Crippen LogP contribution in [0.25, 0.3) is 22.1 Å². The Bertz CT molecular complexity index is 1710. The highest BCUT2D eigenvalue weighted by atomic mass is 35.5. The molecule has 2 aliphatic rings. The summed E-state index contributed by atoms with van der Waals surface area (Å²) in [5.41, 5.74) is 3.93. The third-order valence-electron chi connectivity index (χ3n) is 8.93. The Morgan fingerprint density at radius 2 is 1.89 bits per heavy atom. The monoisotopic (exact) mass is 645 g/mol. The lowest BCUT2D eigenvalue weighted by Crippen LogP contribution is -2.39. The topological polar surface area (TPSA) is 149 Å². The number of rotatable bonds is 11. The van der Waals surface area contributed by atoms with E-state index >= 15 is 0 Å². The van der Waals surface area contributed by atoms with Gasteiger partial charge < -0.3 is 25.1 Å². The Hall–Kier alpha value is -2.77. The van der Waals surface area contributed by atoms with Crippen molar-refractivity contribution in [2.45, 2.75) is 89.0 Å². The van der Waals surface area contributed by atoms with Gasteiger partial charge in [0.05, 0.1) is 34.8 Å². The molecule has 0 saturated heterocycles. The molecule has 0 unspecified atom stereocenters. The number of unbranched alkanes of at least 4 members (excludes halogenated alkanes) is 1. The van der Waals surface area contributed by atoms with Crippen LogP contribution in [0, 0.1) is 5.92 Å². The minimum Gasteiger partial charge on any atom is -0.390 e. The molecule has 0 radical (unpaired) electrons. The van der Waals surface area contributed by atoms with Crippen molar-refractivity contribution in [1.82, 2.24) is 28.8 Å². The summed E-state index contributed by atoms with van der Waals surface area (Å²) in [6.07, 6.45) is 7.31. The zero-order chi connectivity index (χ0) is 30.5. The second-order valence-corrected chi connectivity index (χ2v) is 15.4. The van der Waals surface area contributed by atoms with E-state index in [4.69, 9.17) is 4.98 Å². The molecule has 0 aliphatic heterocycles. The van der Waals surface area contributed by atoms with E-state index in [0.717, 1.165) is 47.3 Å². The summed E-state index contributed by atoms with van der Waals surface area (Å²) < 4.78 is 28.8. The van der Waals surface area contributed by atoms with Crippen LogP contribution in [-0.4, -0.2) is 85.0 Å². The third-order valence-corrected chi connectivity index (χ3v) is 10.2. The van der Waals surface area contributed by atoms with E-state index in [0.29, 0.717) is 37.5 Å². The first-order valence-corrected chi connectivity index (χ1v) is 17.1. The number of imidazole rings is 1. The van der Waals surface area contributed by atoms with Gasteiger partial charge in [-0.3, -0.25) is 0 Å². The van der Waals surface area contributed by atoms with Crippen LogP contribution in [0.5, 0.6) is 0 Å². The van der Waals surface area contributed by atoms with Gasteiger partial charge in [-0.25, -0.2) is 27.7 Å². The molecule has 3 heterocycles. The molecule has 2 fully saturated rings. The first-order valence-electron chi connectivity index (χ1n) is 15.3. The highest BCUT2D eigenvalue weighted by Crippen LogP contribution is 2.39. The number of nitrogens with one attached hydrogen (secondary N) is 2. The van der Waals surface area contributed by atoms with Crippen molar-refractivity contribution in [1.29, 1.82) is 0 Å². The molecular weight excluding hydrogens is 602 g/mol. The molecule has 240 valence electrons. The molecule has 13 heteroatoms. The molecule has 4 aromatic rings. The molecule has 3 aromatic heterocycles. The van der Waals surface area contributed by atoms with Crippen molar-refractivity contribution < 1.29 is 18.6 Å². The summed E-state index contributed by atoms with van der Waals surface area (Å²) in [6.45, 7) is 7.05. The van der Waals surface area contributed by atoms with Crippen LogP contribution in [0.15, 0.2) is 36.8 Å². The molecule has 4 atom stereocenters. The summed E-state index contributed by atoms with van der Waals surface area (Å²) in [6, 6.07) is 8.26. The van der Waals surface area contributed by atoms with Gasteiger partial charge in [0.25, 0.3) is 0 Å². The first-order chi connectivity index (χ1) is 20.4. The number of aliphatic hydroxyl groups excluding tert-OH is 2. The van der Waals surface area contributed by atoms with Gasteiger partial charge in [0.1, 0.15) is 29.7 Å². The number of halogens is 1. The Kier molecular flexibility index (Phi) is 9.31. The maximum absolute atomic E-state index is 12.8. The van der Waals surface area contributed by atoms with Crippen molar-refractivity contribution >= 4 is 50.3 Å². The standard InChI is InChI=1S/C31H43N7O4S.ClH/c1-31(2,3)20-8-11-23-24(16-20)36-26(35-23)7-5-6-13-37(43(4,41)42)17-19-15-25(28(40)27(19)39)38-14-12-22-29(34-21-9-10-21)32-18-33-30(22)38;/h8,11-12,14,16,18-19,21,25,27-28,39-40H,5-7,9-10,13,15,17H2,1-4H3,(H,35,36)(H,32,33,34);1H/t19-,25-,27-,28+;/m1./s1. The number of nitrogens with zero attached hydrogens (tertiary/aromatic N) is 5. The predicted molar refractivity (Wildman–Crippen MR) is 175 cm³/mol. The van der Waals surface area contributed by atoms with E-state index in [-0.39, 0.29) is 24.4 Å². The fourth-order valence-corrected chi connectivity index (χ4v) is 7.14. The molecule has 44 heavy (non-hydrogen) atoms. The summed E-state index contributed by atoms with van der Waals surface area (Å²) >= 11 is 0. The molecule has 11 nitrogen and oxygen atoms in total. The van der Waals surface area contributed by atoms with Gasteiger partial charge in [0.2, 0.25) is 10.0 Å². The SMILES string of the molecule is CC(C)(C)c1ccc2nc(CCCCN(C[C@H]3C[C@@H](n4ccc5c(NC6CC6)ncnc54)[C@H](O)[C@@H]3O)S(C)(=O)=O)[nH]c2c1.Cl. The lowest BCUT2D eigenvalue weighted by atomic mass is 9.87. The molecule has 0 amide bonds. The van der Waals surface area contributed by atoms with E-state index < -0.39 is 34.2 Å². The van der Waals surface area contributed by atoms with Crippen molar-refractivity contribution in [2.24, 2.45) is 5.92 Å². The number of hydrogen-bond donors (Lipinski definition) is 4. The maximum Gasteiger partial charge on any atom is 0.211 e. The molecule has 0 bridgehead atoms. The fourth-order valence-electron chi connectivity index (χ4n) is 6.21. The Morgan fingerprint density at radius 3 is 2.59 bits per heavy atom. The van der Waals surface area contributed by atoms with E-state index in [1.165, 1.54) is 22.5 Å². The molecular formula is C31H44ClN7O4S. The normalized spacial score (nSPS) is 22.6. The van der Waals surface area contributed by atoms with E-state index in [1.807, 2.05) is 22.9 Å². The minimum atomic E-state index is -3.51. The highest BCUT2D eigenvalue weighted by Gasteiger charge is 2.44. The Balaban J connectivity index is 0.00000384. The average Bonchev–Trinajstić information content (AvgIpc) is 3.39. The van der Waals surface area contributed by atoms with Crippen LogP contribution in [-0.2, 0) is 21.9 Å². The van der Waals surface area contributed by atoms with Gasteiger partial charge in [-0.05, 0) is 61.3 Å². The van der Waals surface area contributed by atoms with Crippen molar-refractivity contribution in [3.63, 3.8) is 0 Å². The van der Waals surface area contributed by atoms with Crippen LogP contribution in [0.1, 0.15) is 70.3 Å². The number of benzene rings is 1. The van der Waals surface area contributed by atoms with Gasteiger partial charge in [-0.15, -0.1) is 12.4 Å². The number of aromatic nitrogens is 5. The predicted octanol–water partition coefficient (Wildman–Crippen LogP) is 4.17. The Morgan fingerprint density at radius 1 is 1.11 bits per heavy atom. The van der Waals surface area contributed by atoms with Crippen LogP contribution in [0.4, 0.5) is 5.82 Å². The van der Waals surface area contributed by atoms with Gasteiger partial charge in [0.15, 0.2) is 0 Å². The average molecular weight is 646 g/mol. The maximum atomic E-state index is 12.8. The fraction of sp³-hybridized carbons (Fsp3) is 0.581. The van der Waals surface area contributed by atoms with Crippen LogP contribution in [0.3, 0.4) is 0 Å². The number of H-pyrrole nitrogens is 1. The molecule has 2 saturated carbocycles. The van der Waals surface area contributed by atoms with Crippen molar-refractivity contribution in [2.75, 3.05) is 24.7 Å². The summed E-state index contributed by atoms with van der Waals surface area (Å²) in [7, 11) is -3.51. The third kappa shape index (κ3) is 6.89. The van der Waals surface area contributed by atoms with E-state index in [1.54, 1.807) is 0 Å². The molecule has 0 spiro atoms. The number of aliphatic hydroxyl groups is 2. The smallest absolute Gasteiger partial charge is 0.211 e. The van der Waals surface area contributed by atoms with Gasteiger partial charge >= 0.3 is 0 Å². The minimum absolute atomic E-state index is 0. The first kappa shape index (κ1) is 32.6. The largest absolute Gasteiger partial charge is 0.390 e. The second kappa shape index (κ2) is 12.6. The molecule has 6 rings (SSSR count). The number of fused-ring (bicyclic) bond motifs is 2. The molecule has 1 aromatic carbocycles. The number of sulfonamides is 1. The van der Waals surface area contributed by atoms with Gasteiger partial charge in [-0.1, -0.05) is 26.8 Å². The lowest BCUT2D eigenvalue weighted by molar-refractivity contribution is 0.00403. The Labute approximate surface area is 265 Å². The molecule has 2 aliphatic carbocycles. The number of aryl methyl sites for hydroxylation is 1.